The molecule has 0 radical (unpaired) electrons. The fraction of sp³-hybridized carbons (Fsp3) is 0.100. The van der Waals surface area contributed by atoms with Crippen LogP contribution in [0.5, 0.6) is 0 Å². The van der Waals surface area contributed by atoms with Crippen LogP contribution in [0.4, 0.5) is 17.1 Å². The van der Waals surface area contributed by atoms with Crippen molar-refractivity contribution in [1.82, 2.24) is 0 Å². The van der Waals surface area contributed by atoms with Gasteiger partial charge in [0.05, 0.1) is 17.1 Å². The van der Waals surface area contributed by atoms with E-state index in [-0.39, 0.29) is 10.8 Å². The minimum Gasteiger partial charge on any atom is -0.456 e. The predicted molar refractivity (Wildman–Crippen MR) is 260 cm³/mol. The molecule has 0 amide bonds. The van der Waals surface area contributed by atoms with Gasteiger partial charge in [0, 0.05) is 38.3 Å². The molecule has 0 N–H and O–H groups in total. The number of hydrogen-bond donors (Lipinski definition) is 0. The number of furan rings is 1. The summed E-state index contributed by atoms with van der Waals surface area (Å²) in [5.41, 5.74) is 22.6. The molecule has 0 saturated heterocycles. The number of para-hydroxylation sites is 4. The van der Waals surface area contributed by atoms with E-state index in [2.05, 4.69) is 227 Å². The number of anilines is 3. The van der Waals surface area contributed by atoms with Gasteiger partial charge < -0.3 is 9.32 Å². The highest BCUT2D eigenvalue weighted by Crippen LogP contribution is 2.56. The summed E-state index contributed by atoms with van der Waals surface area (Å²) in [7, 11) is 0. The highest BCUT2D eigenvalue weighted by Gasteiger charge is 2.38. The van der Waals surface area contributed by atoms with E-state index < -0.39 is 0 Å². The van der Waals surface area contributed by atoms with Crippen LogP contribution in [-0.2, 0) is 10.8 Å². The highest BCUT2D eigenvalue weighted by molar-refractivity contribution is 6.07. The Hall–Kier alpha value is -7.42. The molecule has 0 unspecified atom stereocenters. The normalized spacial score (nSPS) is 14.1. The summed E-state index contributed by atoms with van der Waals surface area (Å²) in [6.45, 7) is 9.45. The zero-order valence-corrected chi connectivity index (χ0v) is 35.4. The van der Waals surface area contributed by atoms with E-state index in [9.17, 15) is 0 Å². The summed E-state index contributed by atoms with van der Waals surface area (Å²) in [4.78, 5) is 2.52. The Morgan fingerprint density at radius 3 is 1.52 bits per heavy atom. The van der Waals surface area contributed by atoms with Crippen molar-refractivity contribution in [1.29, 1.82) is 0 Å². The molecule has 62 heavy (non-hydrogen) atoms. The van der Waals surface area contributed by atoms with Crippen LogP contribution in [-0.4, -0.2) is 0 Å². The summed E-state index contributed by atoms with van der Waals surface area (Å²) >= 11 is 0. The smallest absolute Gasteiger partial charge is 0.136 e. The Labute approximate surface area is 363 Å². The van der Waals surface area contributed by atoms with Gasteiger partial charge in [0.15, 0.2) is 0 Å². The molecule has 0 saturated carbocycles. The van der Waals surface area contributed by atoms with Crippen LogP contribution in [0.15, 0.2) is 205 Å². The van der Waals surface area contributed by atoms with Crippen molar-refractivity contribution < 1.29 is 4.42 Å². The third kappa shape index (κ3) is 5.29. The lowest BCUT2D eigenvalue weighted by atomic mass is 9.81. The second-order valence-electron chi connectivity index (χ2n) is 18.0. The average molecular weight is 796 g/mol. The molecule has 0 spiro atoms. The third-order valence-electron chi connectivity index (χ3n) is 13.9. The first-order chi connectivity index (χ1) is 30.3. The van der Waals surface area contributed by atoms with Gasteiger partial charge in [-0.2, -0.15) is 0 Å². The van der Waals surface area contributed by atoms with Gasteiger partial charge in [0.25, 0.3) is 0 Å². The van der Waals surface area contributed by atoms with Crippen molar-refractivity contribution in [2.45, 2.75) is 38.5 Å². The zero-order valence-electron chi connectivity index (χ0n) is 35.4. The minimum atomic E-state index is -0.122. The molecule has 2 heteroatoms. The molecule has 0 bridgehead atoms. The molecular weight excluding hydrogens is 751 g/mol. The van der Waals surface area contributed by atoms with Crippen molar-refractivity contribution >= 4 is 39.0 Å². The monoisotopic (exact) mass is 795 g/mol. The van der Waals surface area contributed by atoms with Gasteiger partial charge >= 0.3 is 0 Å². The molecule has 1 aromatic heterocycles. The first kappa shape index (κ1) is 36.4. The maximum absolute atomic E-state index is 6.49. The number of rotatable bonds is 6. The molecule has 9 aromatic carbocycles. The lowest BCUT2D eigenvalue weighted by Gasteiger charge is -2.32. The van der Waals surface area contributed by atoms with E-state index in [1.807, 2.05) is 6.07 Å². The van der Waals surface area contributed by atoms with Crippen molar-refractivity contribution in [2.24, 2.45) is 0 Å². The van der Waals surface area contributed by atoms with Crippen LogP contribution in [0.2, 0.25) is 0 Å². The van der Waals surface area contributed by atoms with Gasteiger partial charge in [-0.15, -0.1) is 0 Å². The van der Waals surface area contributed by atoms with Crippen LogP contribution in [0.1, 0.15) is 49.9 Å². The molecule has 1 heterocycles. The van der Waals surface area contributed by atoms with Gasteiger partial charge in [-0.3, -0.25) is 0 Å². The standard InChI is InChI=1S/C60H45NO/c1-59(2)50-26-12-6-23-48(50)58-47(24-17-27-51(58)59)44-21-9-15-30-55(44)61(54-29-14-8-19-41(54)39-33-35-46-45-22-10-16-31-56(45)62-57(46)37-39)53-28-13-7-18-40(53)38-32-34-43-42-20-5-11-25-49(42)60(3,4)52(43)36-38/h5-37H,1-4H3. The molecule has 12 rings (SSSR count). The zero-order chi connectivity index (χ0) is 41.7. The van der Waals surface area contributed by atoms with E-state index in [0.717, 1.165) is 50.1 Å². The second kappa shape index (κ2) is 13.5. The lowest BCUT2D eigenvalue weighted by Crippen LogP contribution is -2.15. The van der Waals surface area contributed by atoms with Gasteiger partial charge in [-0.25, -0.2) is 0 Å². The first-order valence-electron chi connectivity index (χ1n) is 21.8. The maximum atomic E-state index is 6.49. The van der Waals surface area contributed by atoms with Crippen LogP contribution in [0.25, 0.3) is 77.6 Å². The number of fused-ring (bicyclic) bond motifs is 9. The van der Waals surface area contributed by atoms with Crippen LogP contribution < -0.4 is 4.90 Å². The molecule has 2 nitrogen and oxygen atoms in total. The van der Waals surface area contributed by atoms with Crippen molar-refractivity contribution in [3.8, 4) is 55.6 Å². The minimum absolute atomic E-state index is 0.119. The Morgan fingerprint density at radius 2 is 0.790 bits per heavy atom. The summed E-state index contributed by atoms with van der Waals surface area (Å²) in [5, 5.41) is 2.25. The number of hydrogen-bond acceptors (Lipinski definition) is 2. The topological polar surface area (TPSA) is 16.4 Å². The molecule has 2 aliphatic rings. The van der Waals surface area contributed by atoms with E-state index in [1.54, 1.807) is 0 Å². The number of benzene rings is 9. The molecule has 0 aliphatic heterocycles. The summed E-state index contributed by atoms with van der Waals surface area (Å²) < 4.78 is 6.49. The Balaban J connectivity index is 1.11. The third-order valence-corrected chi connectivity index (χ3v) is 13.9. The van der Waals surface area contributed by atoms with Crippen LogP contribution >= 0.6 is 0 Å². The summed E-state index contributed by atoms with van der Waals surface area (Å²) in [6, 6.07) is 73.7. The highest BCUT2D eigenvalue weighted by atomic mass is 16.3. The second-order valence-corrected chi connectivity index (χ2v) is 18.0. The van der Waals surface area contributed by atoms with Crippen LogP contribution in [0, 0.1) is 0 Å². The van der Waals surface area contributed by atoms with Gasteiger partial charge in [0.1, 0.15) is 11.2 Å². The van der Waals surface area contributed by atoms with Crippen molar-refractivity contribution in [2.75, 3.05) is 4.90 Å². The van der Waals surface area contributed by atoms with Gasteiger partial charge in [-0.1, -0.05) is 185 Å². The van der Waals surface area contributed by atoms with E-state index >= 15 is 0 Å². The largest absolute Gasteiger partial charge is 0.456 e. The van der Waals surface area contributed by atoms with E-state index in [4.69, 9.17) is 4.42 Å². The fourth-order valence-corrected chi connectivity index (χ4v) is 10.9. The molecule has 296 valence electrons. The summed E-state index contributed by atoms with van der Waals surface area (Å²) in [5.74, 6) is 0. The fourth-order valence-electron chi connectivity index (χ4n) is 10.9. The summed E-state index contributed by atoms with van der Waals surface area (Å²) in [6.07, 6.45) is 0. The Kier molecular flexibility index (Phi) is 7.96. The SMILES string of the molecule is CC1(C)c2ccccc2-c2ccc(-c3ccccc3N(c3ccccc3-c3ccc4c(c3)oc3ccccc34)c3ccccc3-c3cccc4c3-c3ccccc3C4(C)C)cc21. The Bertz CT molecular complexity index is 3430. The predicted octanol–water partition coefficient (Wildman–Crippen LogP) is 16.7. The lowest BCUT2D eigenvalue weighted by molar-refractivity contribution is 0.660. The van der Waals surface area contributed by atoms with Gasteiger partial charge in [0.2, 0.25) is 0 Å². The van der Waals surface area contributed by atoms with E-state index in [0.29, 0.717) is 0 Å². The maximum Gasteiger partial charge on any atom is 0.136 e. The van der Waals surface area contributed by atoms with E-state index in [1.165, 1.54) is 66.8 Å². The first-order valence-corrected chi connectivity index (χ1v) is 21.8. The van der Waals surface area contributed by atoms with Crippen molar-refractivity contribution in [3.05, 3.63) is 222 Å². The molecule has 2 aliphatic carbocycles. The molecule has 0 fully saturated rings. The molecule has 0 atom stereocenters. The Morgan fingerprint density at radius 1 is 0.323 bits per heavy atom. The molecular formula is C60H45NO. The van der Waals surface area contributed by atoms with Crippen molar-refractivity contribution in [3.63, 3.8) is 0 Å². The molecule has 10 aromatic rings. The quantitative estimate of drug-likeness (QED) is 0.167. The van der Waals surface area contributed by atoms with Crippen LogP contribution in [0.3, 0.4) is 0 Å². The van der Waals surface area contributed by atoms with Gasteiger partial charge in [-0.05, 0) is 104 Å². The average Bonchev–Trinajstić information content (AvgIpc) is 3.89. The number of nitrogens with zero attached hydrogens (tertiary/aromatic N) is 1.